The molecule has 0 aliphatic heterocycles. The van der Waals surface area contributed by atoms with Gasteiger partial charge >= 0.3 is 0 Å². The largest absolute Gasteiger partial charge is 0.350 e. The molecule has 1 aromatic heterocycles. The van der Waals surface area contributed by atoms with Gasteiger partial charge in [0.1, 0.15) is 0 Å². The van der Waals surface area contributed by atoms with E-state index in [0.29, 0.717) is 24.6 Å². The molecule has 118 valence electrons. The van der Waals surface area contributed by atoms with Gasteiger partial charge < -0.3 is 9.84 Å². The Kier molecular flexibility index (Phi) is 4.96. The number of rotatable bonds is 5. The van der Waals surface area contributed by atoms with Crippen LogP contribution in [0, 0.1) is 0 Å². The minimum Gasteiger partial charge on any atom is -0.350 e. The molecule has 0 fully saturated rings. The number of nitrogens with one attached hydrogen (secondary N) is 1. The van der Waals surface area contributed by atoms with E-state index in [-0.39, 0.29) is 17.4 Å². The number of amides is 1. The summed E-state index contributed by atoms with van der Waals surface area (Å²) >= 11 is 0. The van der Waals surface area contributed by atoms with Crippen LogP contribution in [0.15, 0.2) is 34.9 Å². The quantitative estimate of drug-likeness (QED) is 0.921. The highest BCUT2D eigenvalue weighted by atomic mass is 16.5. The highest BCUT2D eigenvalue weighted by molar-refractivity contribution is 5.76. The second-order valence-electron chi connectivity index (χ2n) is 6.46. The maximum Gasteiger partial charge on any atom is 0.227 e. The molecule has 0 unspecified atom stereocenters. The van der Waals surface area contributed by atoms with Gasteiger partial charge in [0.25, 0.3) is 0 Å². The maximum atomic E-state index is 12.0. The van der Waals surface area contributed by atoms with Crippen molar-refractivity contribution >= 4 is 5.91 Å². The average molecular weight is 301 g/mol. The molecule has 2 rings (SSSR count). The van der Waals surface area contributed by atoms with Gasteiger partial charge in [-0.15, -0.1) is 0 Å². The van der Waals surface area contributed by atoms with Crippen LogP contribution in [-0.4, -0.2) is 16.0 Å². The summed E-state index contributed by atoms with van der Waals surface area (Å²) in [6.07, 6.45) is 0.791. The molecule has 0 aliphatic carbocycles. The molecule has 1 heterocycles. The average Bonchev–Trinajstić information content (AvgIpc) is 2.95. The summed E-state index contributed by atoms with van der Waals surface area (Å²) in [5.41, 5.74) is 0.940. The Labute approximate surface area is 131 Å². The van der Waals surface area contributed by atoms with Gasteiger partial charge in [-0.2, -0.15) is 4.98 Å². The summed E-state index contributed by atoms with van der Waals surface area (Å²) < 4.78 is 5.19. The molecule has 22 heavy (non-hydrogen) atoms. The van der Waals surface area contributed by atoms with E-state index in [1.807, 2.05) is 58.0 Å². The Morgan fingerprint density at radius 1 is 1.27 bits per heavy atom. The Morgan fingerprint density at radius 2 is 1.95 bits per heavy atom. The van der Waals surface area contributed by atoms with Gasteiger partial charge in [0, 0.05) is 18.3 Å². The van der Waals surface area contributed by atoms with Crippen molar-refractivity contribution in [3.63, 3.8) is 0 Å². The van der Waals surface area contributed by atoms with Gasteiger partial charge in [-0.25, -0.2) is 0 Å². The predicted molar refractivity (Wildman–Crippen MR) is 84.3 cm³/mol. The van der Waals surface area contributed by atoms with Gasteiger partial charge in [-0.3, -0.25) is 4.79 Å². The van der Waals surface area contributed by atoms with Crippen molar-refractivity contribution in [3.8, 4) is 0 Å². The summed E-state index contributed by atoms with van der Waals surface area (Å²) in [5, 5.41) is 6.93. The molecule has 1 amide bonds. The molecule has 0 saturated heterocycles. The SMILES string of the molecule is C[C@@H](NC(=O)CCc1nc(C(C)(C)C)no1)c1ccccc1. The lowest BCUT2D eigenvalue weighted by Gasteiger charge is -2.13. The normalized spacial score (nSPS) is 12.9. The fourth-order valence-corrected chi connectivity index (χ4v) is 2.02. The van der Waals surface area contributed by atoms with E-state index < -0.39 is 0 Å². The zero-order valence-corrected chi connectivity index (χ0v) is 13.6. The van der Waals surface area contributed by atoms with Crippen molar-refractivity contribution in [2.45, 2.75) is 52.0 Å². The van der Waals surface area contributed by atoms with Crippen molar-refractivity contribution < 1.29 is 9.32 Å². The number of hydrogen-bond donors (Lipinski definition) is 1. The summed E-state index contributed by atoms with van der Waals surface area (Å²) in [6, 6.07) is 9.87. The number of nitrogens with zero attached hydrogens (tertiary/aromatic N) is 2. The lowest BCUT2D eigenvalue weighted by atomic mass is 9.96. The lowest BCUT2D eigenvalue weighted by Crippen LogP contribution is -2.26. The summed E-state index contributed by atoms with van der Waals surface area (Å²) in [7, 11) is 0. The Bertz CT molecular complexity index is 614. The number of aromatic nitrogens is 2. The predicted octanol–water partition coefficient (Wildman–Crippen LogP) is 3.18. The zero-order valence-electron chi connectivity index (χ0n) is 13.6. The molecule has 0 saturated carbocycles. The Morgan fingerprint density at radius 3 is 2.55 bits per heavy atom. The van der Waals surface area contributed by atoms with E-state index >= 15 is 0 Å². The topological polar surface area (TPSA) is 68.0 Å². The van der Waals surface area contributed by atoms with Crippen LogP contribution in [0.5, 0.6) is 0 Å². The van der Waals surface area contributed by atoms with E-state index in [4.69, 9.17) is 4.52 Å². The second-order valence-corrected chi connectivity index (χ2v) is 6.46. The summed E-state index contributed by atoms with van der Waals surface area (Å²) in [4.78, 5) is 16.3. The third kappa shape index (κ3) is 4.41. The van der Waals surface area contributed by atoms with Crippen LogP contribution in [0.25, 0.3) is 0 Å². The van der Waals surface area contributed by atoms with Crippen LogP contribution in [0.2, 0.25) is 0 Å². The molecule has 5 heteroatoms. The second kappa shape index (κ2) is 6.73. The van der Waals surface area contributed by atoms with Crippen LogP contribution in [0.3, 0.4) is 0 Å². The van der Waals surface area contributed by atoms with Crippen molar-refractivity contribution in [2.75, 3.05) is 0 Å². The fourth-order valence-electron chi connectivity index (χ4n) is 2.02. The van der Waals surface area contributed by atoms with E-state index in [9.17, 15) is 4.79 Å². The lowest BCUT2D eigenvalue weighted by molar-refractivity contribution is -0.121. The van der Waals surface area contributed by atoms with Gasteiger partial charge in [-0.05, 0) is 12.5 Å². The molecule has 0 radical (unpaired) electrons. The van der Waals surface area contributed by atoms with E-state index in [2.05, 4.69) is 15.5 Å². The highest BCUT2D eigenvalue weighted by Gasteiger charge is 2.21. The van der Waals surface area contributed by atoms with Gasteiger partial charge in [0.05, 0.1) is 6.04 Å². The van der Waals surface area contributed by atoms with E-state index in [1.165, 1.54) is 0 Å². The molecule has 1 aromatic carbocycles. The molecular weight excluding hydrogens is 278 g/mol. The number of hydrogen-bond acceptors (Lipinski definition) is 4. The molecular formula is C17H23N3O2. The first kappa shape index (κ1) is 16.2. The highest BCUT2D eigenvalue weighted by Crippen LogP contribution is 2.19. The number of carbonyl (C=O) groups excluding carboxylic acids is 1. The molecule has 0 aliphatic rings. The minimum absolute atomic E-state index is 0.0125. The standard InChI is InChI=1S/C17H23N3O2/c1-12(13-8-6-5-7-9-13)18-14(21)10-11-15-19-16(20-22-15)17(2,3)4/h5-9,12H,10-11H2,1-4H3,(H,18,21)/t12-/m1/s1. The van der Waals surface area contributed by atoms with Crippen LogP contribution >= 0.6 is 0 Å². The van der Waals surface area contributed by atoms with Crippen LogP contribution in [0.1, 0.15) is 57.4 Å². The molecule has 1 N–H and O–H groups in total. The van der Waals surface area contributed by atoms with Gasteiger partial charge in [0.2, 0.25) is 11.8 Å². The smallest absolute Gasteiger partial charge is 0.227 e. The molecule has 0 spiro atoms. The Hall–Kier alpha value is -2.17. The van der Waals surface area contributed by atoms with E-state index in [1.54, 1.807) is 0 Å². The summed E-state index contributed by atoms with van der Waals surface area (Å²) in [6.45, 7) is 8.04. The first-order chi connectivity index (χ1) is 10.4. The molecule has 1 atom stereocenters. The number of benzene rings is 1. The van der Waals surface area contributed by atoms with Crippen molar-refractivity contribution in [3.05, 3.63) is 47.6 Å². The maximum absolute atomic E-state index is 12.0. The Balaban J connectivity index is 1.84. The fraction of sp³-hybridized carbons (Fsp3) is 0.471. The first-order valence-electron chi connectivity index (χ1n) is 7.53. The summed E-state index contributed by atoms with van der Waals surface area (Å²) in [5.74, 6) is 1.15. The minimum atomic E-state index is -0.147. The third-order valence-electron chi connectivity index (χ3n) is 3.38. The van der Waals surface area contributed by atoms with Crippen molar-refractivity contribution in [1.29, 1.82) is 0 Å². The number of aryl methyl sites for hydroxylation is 1. The van der Waals surface area contributed by atoms with Crippen LogP contribution in [-0.2, 0) is 16.6 Å². The van der Waals surface area contributed by atoms with Gasteiger partial charge in [-0.1, -0.05) is 56.3 Å². The van der Waals surface area contributed by atoms with Crippen molar-refractivity contribution in [2.24, 2.45) is 0 Å². The van der Waals surface area contributed by atoms with Crippen molar-refractivity contribution in [1.82, 2.24) is 15.5 Å². The molecule has 5 nitrogen and oxygen atoms in total. The molecule has 2 aromatic rings. The first-order valence-corrected chi connectivity index (χ1v) is 7.53. The molecule has 0 bridgehead atoms. The van der Waals surface area contributed by atoms with Gasteiger partial charge in [0.15, 0.2) is 5.82 Å². The third-order valence-corrected chi connectivity index (χ3v) is 3.38. The number of carbonyl (C=O) groups is 1. The zero-order chi connectivity index (χ0) is 16.2. The van der Waals surface area contributed by atoms with E-state index in [0.717, 1.165) is 5.56 Å². The van der Waals surface area contributed by atoms with Crippen LogP contribution in [0.4, 0.5) is 0 Å². The van der Waals surface area contributed by atoms with Crippen LogP contribution < -0.4 is 5.32 Å². The monoisotopic (exact) mass is 301 g/mol.